The second-order valence-corrected chi connectivity index (χ2v) is 8.78. The second-order valence-electron chi connectivity index (χ2n) is 7.01. The first-order valence-electron chi connectivity index (χ1n) is 9.78. The van der Waals surface area contributed by atoms with Gasteiger partial charge in [0.25, 0.3) is 5.91 Å². The lowest BCUT2D eigenvalue weighted by atomic mass is 10.1. The summed E-state index contributed by atoms with van der Waals surface area (Å²) in [6.45, 7) is 0.864. The normalized spacial score (nSPS) is 16.2. The highest BCUT2D eigenvalue weighted by Crippen LogP contribution is 2.16. The summed E-state index contributed by atoms with van der Waals surface area (Å²) in [5.74, 6) is -0.923. The summed E-state index contributed by atoms with van der Waals surface area (Å²) in [5, 5.41) is 0. The molecule has 1 aliphatic heterocycles. The minimum Gasteiger partial charge on any atom is -0.378 e. The third-order valence-electron chi connectivity index (χ3n) is 4.75. The molecule has 0 aliphatic carbocycles. The predicted molar refractivity (Wildman–Crippen MR) is 111 cm³/mol. The highest BCUT2D eigenvalue weighted by atomic mass is 32.2. The average Bonchev–Trinajstić information content (AvgIpc) is 3.29. The topological polar surface area (TPSA) is 114 Å². The van der Waals surface area contributed by atoms with Gasteiger partial charge in [-0.1, -0.05) is 36.4 Å². The van der Waals surface area contributed by atoms with E-state index in [-0.39, 0.29) is 35.4 Å². The van der Waals surface area contributed by atoms with Crippen LogP contribution in [-0.2, 0) is 26.1 Å². The van der Waals surface area contributed by atoms with Gasteiger partial charge in [-0.3, -0.25) is 20.4 Å². The first-order chi connectivity index (χ1) is 14.4. The number of rotatable bonds is 8. The van der Waals surface area contributed by atoms with E-state index in [0.29, 0.717) is 6.42 Å². The lowest BCUT2D eigenvalue weighted by molar-refractivity contribution is -0.122. The Labute approximate surface area is 176 Å². The van der Waals surface area contributed by atoms with Gasteiger partial charge in [0.2, 0.25) is 15.9 Å². The zero-order chi connectivity index (χ0) is 21.4. The maximum Gasteiger partial charge on any atom is 0.269 e. The maximum atomic E-state index is 12.5. The van der Waals surface area contributed by atoms with Crippen LogP contribution >= 0.6 is 0 Å². The van der Waals surface area contributed by atoms with Crippen LogP contribution in [0.5, 0.6) is 0 Å². The number of carbonyl (C=O) groups excluding carboxylic acids is 2. The Hall–Kier alpha value is -2.75. The van der Waals surface area contributed by atoms with E-state index in [4.69, 9.17) is 4.74 Å². The summed E-state index contributed by atoms with van der Waals surface area (Å²) in [6, 6.07) is 14.7. The van der Waals surface area contributed by atoms with Gasteiger partial charge >= 0.3 is 0 Å². The van der Waals surface area contributed by atoms with Gasteiger partial charge in [0.1, 0.15) is 0 Å². The van der Waals surface area contributed by atoms with E-state index in [1.807, 2.05) is 30.3 Å². The molecule has 1 saturated heterocycles. The quantitative estimate of drug-likeness (QED) is 0.553. The Morgan fingerprint density at radius 1 is 1.03 bits per heavy atom. The van der Waals surface area contributed by atoms with Gasteiger partial charge < -0.3 is 4.74 Å². The van der Waals surface area contributed by atoms with Gasteiger partial charge in [0.05, 0.1) is 11.0 Å². The summed E-state index contributed by atoms with van der Waals surface area (Å²) in [7, 11) is -3.80. The van der Waals surface area contributed by atoms with Crippen LogP contribution in [0.2, 0.25) is 0 Å². The molecule has 3 rings (SSSR count). The van der Waals surface area contributed by atoms with Crippen LogP contribution in [0, 0.1) is 0 Å². The molecule has 30 heavy (non-hydrogen) atoms. The number of hydrazine groups is 1. The number of hydrogen-bond donors (Lipinski definition) is 3. The molecule has 2 aromatic carbocycles. The third-order valence-corrected chi connectivity index (χ3v) is 6.15. The molecule has 1 heterocycles. The molecule has 0 radical (unpaired) electrons. The van der Waals surface area contributed by atoms with Crippen molar-refractivity contribution >= 4 is 21.8 Å². The Kier molecular flexibility index (Phi) is 7.56. The van der Waals surface area contributed by atoms with E-state index in [9.17, 15) is 18.0 Å². The number of carbonyl (C=O) groups is 2. The molecule has 2 aromatic rings. The number of amides is 2. The van der Waals surface area contributed by atoms with Crippen molar-refractivity contribution in [2.45, 2.75) is 43.2 Å². The van der Waals surface area contributed by atoms with E-state index in [2.05, 4.69) is 15.6 Å². The standard InChI is InChI=1S/C21H25N3O5S/c25-20(12-11-18-9-5-13-29-18)23-24-21(26)17-8-4-10-19(14-17)30(27,28)22-15-16-6-2-1-3-7-16/h1-4,6-8,10,14,18,22H,5,9,11-13,15H2,(H,23,25)(H,24,26). The summed E-state index contributed by atoms with van der Waals surface area (Å²) >= 11 is 0. The number of benzene rings is 2. The smallest absolute Gasteiger partial charge is 0.269 e. The van der Waals surface area contributed by atoms with Crippen molar-refractivity contribution in [3.8, 4) is 0 Å². The van der Waals surface area contributed by atoms with Crippen LogP contribution in [-0.4, -0.2) is 32.9 Å². The Morgan fingerprint density at radius 3 is 2.57 bits per heavy atom. The fourth-order valence-corrected chi connectivity index (χ4v) is 4.15. The van der Waals surface area contributed by atoms with Gasteiger partial charge in [0, 0.05) is 25.1 Å². The van der Waals surface area contributed by atoms with E-state index >= 15 is 0 Å². The van der Waals surface area contributed by atoms with Gasteiger partial charge in [-0.25, -0.2) is 13.1 Å². The van der Waals surface area contributed by atoms with Crippen LogP contribution in [0.1, 0.15) is 41.6 Å². The molecule has 0 bridgehead atoms. The van der Waals surface area contributed by atoms with Gasteiger partial charge in [-0.05, 0) is 43.0 Å². The molecular formula is C21H25N3O5S. The molecule has 1 unspecified atom stereocenters. The first kappa shape index (κ1) is 21.9. The zero-order valence-corrected chi connectivity index (χ0v) is 17.3. The molecule has 0 saturated carbocycles. The Balaban J connectivity index is 1.53. The molecule has 1 aliphatic rings. The molecule has 1 atom stereocenters. The molecule has 3 N–H and O–H groups in total. The number of hydrogen-bond acceptors (Lipinski definition) is 5. The largest absolute Gasteiger partial charge is 0.378 e. The van der Waals surface area contributed by atoms with Crippen molar-refractivity contribution < 1.29 is 22.7 Å². The number of nitrogens with one attached hydrogen (secondary N) is 3. The molecule has 0 spiro atoms. The molecule has 9 heteroatoms. The molecule has 8 nitrogen and oxygen atoms in total. The summed E-state index contributed by atoms with van der Waals surface area (Å²) in [4.78, 5) is 24.2. The lowest BCUT2D eigenvalue weighted by Crippen LogP contribution is -2.41. The molecule has 0 aromatic heterocycles. The van der Waals surface area contributed by atoms with Crippen molar-refractivity contribution in [3.05, 3.63) is 65.7 Å². The number of ether oxygens (including phenoxy) is 1. The van der Waals surface area contributed by atoms with Crippen LogP contribution < -0.4 is 15.6 Å². The van der Waals surface area contributed by atoms with Crippen molar-refractivity contribution in [1.29, 1.82) is 0 Å². The van der Waals surface area contributed by atoms with Crippen molar-refractivity contribution in [3.63, 3.8) is 0 Å². The monoisotopic (exact) mass is 431 g/mol. The van der Waals surface area contributed by atoms with Crippen LogP contribution in [0.15, 0.2) is 59.5 Å². The molecule has 1 fully saturated rings. The predicted octanol–water partition coefficient (Wildman–Crippen LogP) is 1.89. The summed E-state index contributed by atoms with van der Waals surface area (Å²) in [6.07, 6.45) is 2.88. The maximum absolute atomic E-state index is 12.5. The SMILES string of the molecule is O=C(CCC1CCCO1)NNC(=O)c1cccc(S(=O)(=O)NCc2ccccc2)c1. The highest BCUT2D eigenvalue weighted by Gasteiger charge is 2.18. The highest BCUT2D eigenvalue weighted by molar-refractivity contribution is 7.89. The third kappa shape index (κ3) is 6.38. The molecular weight excluding hydrogens is 406 g/mol. The molecule has 2 amide bonds. The fourth-order valence-electron chi connectivity index (χ4n) is 3.09. The number of sulfonamides is 1. The van der Waals surface area contributed by atoms with Gasteiger partial charge in [-0.2, -0.15) is 0 Å². The van der Waals surface area contributed by atoms with Crippen LogP contribution in [0.4, 0.5) is 0 Å². The lowest BCUT2D eigenvalue weighted by Gasteiger charge is -2.11. The minimum absolute atomic E-state index is 0.0317. The first-order valence-corrected chi connectivity index (χ1v) is 11.3. The summed E-state index contributed by atoms with van der Waals surface area (Å²) < 4.78 is 33.0. The molecule has 160 valence electrons. The van der Waals surface area contributed by atoms with Crippen molar-refractivity contribution in [2.75, 3.05) is 6.61 Å². The van der Waals surface area contributed by atoms with Crippen LogP contribution in [0.25, 0.3) is 0 Å². The van der Waals surface area contributed by atoms with Gasteiger partial charge in [0.15, 0.2) is 0 Å². The van der Waals surface area contributed by atoms with E-state index in [0.717, 1.165) is 25.0 Å². The Morgan fingerprint density at radius 2 is 1.83 bits per heavy atom. The van der Waals surface area contributed by atoms with Gasteiger partial charge in [-0.15, -0.1) is 0 Å². The van der Waals surface area contributed by atoms with Crippen LogP contribution in [0.3, 0.4) is 0 Å². The van der Waals surface area contributed by atoms with Crippen molar-refractivity contribution in [2.24, 2.45) is 0 Å². The fraction of sp³-hybridized carbons (Fsp3) is 0.333. The average molecular weight is 432 g/mol. The van der Waals surface area contributed by atoms with E-state index in [1.54, 1.807) is 0 Å². The van der Waals surface area contributed by atoms with Crippen molar-refractivity contribution in [1.82, 2.24) is 15.6 Å². The Bertz CT molecular complexity index is 973. The van der Waals surface area contributed by atoms with E-state index in [1.165, 1.54) is 24.3 Å². The van der Waals surface area contributed by atoms with E-state index < -0.39 is 15.9 Å². The second kappa shape index (κ2) is 10.3. The zero-order valence-electron chi connectivity index (χ0n) is 16.5. The summed E-state index contributed by atoms with van der Waals surface area (Å²) in [5.41, 5.74) is 5.61. The minimum atomic E-state index is -3.80.